The van der Waals surface area contributed by atoms with Crippen molar-refractivity contribution in [2.45, 2.75) is 6.04 Å². The van der Waals surface area contributed by atoms with Gasteiger partial charge in [-0.3, -0.25) is 4.79 Å². The lowest BCUT2D eigenvalue weighted by Crippen LogP contribution is -2.22. The molecule has 1 aromatic heterocycles. The minimum Gasteiger partial charge on any atom is -0.497 e. The molecule has 2 N–H and O–H groups in total. The molecule has 0 saturated heterocycles. The summed E-state index contributed by atoms with van der Waals surface area (Å²) in [6.07, 6.45) is 3.60. The third kappa shape index (κ3) is 4.61. The number of anilines is 2. The summed E-state index contributed by atoms with van der Waals surface area (Å²) in [5.74, 6) is 2.53. The first-order valence-corrected chi connectivity index (χ1v) is 11.9. The number of amides is 1. The van der Waals surface area contributed by atoms with E-state index < -0.39 is 0 Å². The summed E-state index contributed by atoms with van der Waals surface area (Å²) in [6, 6.07) is 20.4. The predicted molar refractivity (Wildman–Crippen MR) is 145 cm³/mol. The van der Waals surface area contributed by atoms with E-state index in [1.807, 2.05) is 72.8 Å². The van der Waals surface area contributed by atoms with Gasteiger partial charge in [-0.25, -0.2) is 4.68 Å². The number of carbonyl (C=O) groups excluding carboxylic acids is 1. The lowest BCUT2D eigenvalue weighted by atomic mass is 10.00. The van der Waals surface area contributed by atoms with Crippen LogP contribution in [-0.4, -0.2) is 44.1 Å². The summed E-state index contributed by atoms with van der Waals surface area (Å²) in [7, 11) is 6.34. The van der Waals surface area contributed by atoms with Crippen molar-refractivity contribution >= 4 is 23.1 Å². The molecule has 38 heavy (non-hydrogen) atoms. The van der Waals surface area contributed by atoms with Crippen molar-refractivity contribution in [3.8, 4) is 23.0 Å². The van der Waals surface area contributed by atoms with Crippen LogP contribution in [0.15, 0.2) is 79.0 Å². The van der Waals surface area contributed by atoms with Gasteiger partial charge in [-0.15, -0.1) is 0 Å². The first-order chi connectivity index (χ1) is 18.6. The zero-order valence-corrected chi connectivity index (χ0v) is 21.5. The van der Waals surface area contributed by atoms with Crippen LogP contribution >= 0.6 is 0 Å². The second-order valence-corrected chi connectivity index (χ2v) is 8.51. The van der Waals surface area contributed by atoms with Crippen LogP contribution in [0.25, 0.3) is 5.70 Å². The summed E-state index contributed by atoms with van der Waals surface area (Å²) >= 11 is 0. The summed E-state index contributed by atoms with van der Waals surface area (Å²) in [6.45, 7) is 0. The van der Waals surface area contributed by atoms with E-state index in [0.717, 1.165) is 22.6 Å². The van der Waals surface area contributed by atoms with E-state index in [4.69, 9.17) is 18.9 Å². The number of hydrogen-bond acceptors (Lipinski definition) is 7. The zero-order valence-electron chi connectivity index (χ0n) is 21.5. The van der Waals surface area contributed by atoms with Crippen LogP contribution in [0.2, 0.25) is 0 Å². The van der Waals surface area contributed by atoms with E-state index in [-0.39, 0.29) is 11.9 Å². The third-order valence-corrected chi connectivity index (χ3v) is 6.32. The quantitative estimate of drug-likeness (QED) is 0.334. The van der Waals surface area contributed by atoms with E-state index in [1.165, 1.54) is 0 Å². The van der Waals surface area contributed by atoms with Gasteiger partial charge in [0, 0.05) is 16.9 Å². The lowest BCUT2D eigenvalue weighted by Gasteiger charge is -2.27. The number of fused-ring (bicyclic) bond motifs is 1. The minimum atomic E-state index is -0.389. The van der Waals surface area contributed by atoms with Gasteiger partial charge in [-0.2, -0.15) is 5.10 Å². The van der Waals surface area contributed by atoms with Gasteiger partial charge in [-0.05, 0) is 48.0 Å². The Balaban J connectivity index is 1.63. The van der Waals surface area contributed by atoms with Gasteiger partial charge < -0.3 is 29.6 Å². The van der Waals surface area contributed by atoms with Crippen LogP contribution in [0.4, 0.5) is 11.5 Å². The summed E-state index contributed by atoms with van der Waals surface area (Å²) < 4.78 is 23.9. The lowest BCUT2D eigenvalue weighted by molar-refractivity contribution is 0.102. The first kappa shape index (κ1) is 24.8. The maximum absolute atomic E-state index is 13.3. The first-order valence-electron chi connectivity index (χ1n) is 11.9. The third-order valence-electron chi connectivity index (χ3n) is 6.32. The number of ether oxygens (including phenoxy) is 4. The Morgan fingerprint density at radius 1 is 0.895 bits per heavy atom. The Morgan fingerprint density at radius 3 is 2.29 bits per heavy atom. The Hall–Kier alpha value is -4.92. The molecule has 0 saturated carbocycles. The van der Waals surface area contributed by atoms with Gasteiger partial charge in [0.25, 0.3) is 5.91 Å². The highest BCUT2D eigenvalue weighted by atomic mass is 16.5. The summed E-state index contributed by atoms with van der Waals surface area (Å²) in [4.78, 5) is 13.3. The van der Waals surface area contributed by atoms with Crippen molar-refractivity contribution in [3.05, 3.63) is 95.7 Å². The average Bonchev–Trinajstić information content (AvgIpc) is 3.40. The van der Waals surface area contributed by atoms with Gasteiger partial charge in [-0.1, -0.05) is 30.3 Å². The highest BCUT2D eigenvalue weighted by molar-refractivity contribution is 6.08. The SMILES string of the molecule is COc1cccc(C2=C[C@@H](c3cc(OC)c(OC)c(OC)c3)n3ncc(C(=O)Nc4ccccc4)c3N2)c1. The zero-order chi connectivity index (χ0) is 26.6. The molecule has 194 valence electrons. The van der Waals surface area contributed by atoms with E-state index in [9.17, 15) is 4.79 Å². The second kappa shape index (κ2) is 10.6. The van der Waals surface area contributed by atoms with Crippen molar-refractivity contribution in [2.75, 3.05) is 39.1 Å². The van der Waals surface area contributed by atoms with Crippen LogP contribution in [0, 0.1) is 0 Å². The van der Waals surface area contributed by atoms with Gasteiger partial charge in [0.1, 0.15) is 17.1 Å². The highest BCUT2D eigenvalue weighted by Gasteiger charge is 2.29. The van der Waals surface area contributed by atoms with Gasteiger partial charge in [0.15, 0.2) is 11.5 Å². The number of aromatic nitrogens is 2. The maximum Gasteiger partial charge on any atom is 0.261 e. The molecule has 1 aliphatic heterocycles. The number of rotatable bonds is 8. The number of methoxy groups -OCH3 is 4. The molecular weight excluding hydrogens is 484 g/mol. The molecule has 4 aromatic rings. The number of nitrogens with zero attached hydrogens (tertiary/aromatic N) is 2. The highest BCUT2D eigenvalue weighted by Crippen LogP contribution is 2.43. The van der Waals surface area contributed by atoms with Crippen LogP contribution in [0.3, 0.4) is 0 Å². The molecule has 9 heteroatoms. The van der Waals surface area contributed by atoms with E-state index in [1.54, 1.807) is 39.3 Å². The number of hydrogen-bond donors (Lipinski definition) is 2. The molecule has 0 bridgehead atoms. The number of carbonyl (C=O) groups is 1. The molecule has 0 spiro atoms. The Labute approximate surface area is 220 Å². The Bertz CT molecular complexity index is 1470. The van der Waals surface area contributed by atoms with Crippen LogP contribution < -0.4 is 29.6 Å². The van der Waals surface area contributed by atoms with E-state index in [0.29, 0.717) is 34.3 Å². The molecule has 0 unspecified atom stereocenters. The molecule has 1 atom stereocenters. The summed E-state index contributed by atoms with van der Waals surface area (Å²) in [5.41, 5.74) is 3.62. The fourth-order valence-electron chi connectivity index (χ4n) is 4.45. The normalized spacial score (nSPS) is 14.0. The molecule has 5 rings (SSSR count). The monoisotopic (exact) mass is 512 g/mol. The van der Waals surface area contributed by atoms with E-state index in [2.05, 4.69) is 15.7 Å². The molecule has 2 heterocycles. The van der Waals surface area contributed by atoms with Crippen molar-refractivity contribution in [1.29, 1.82) is 0 Å². The fraction of sp³-hybridized carbons (Fsp3) is 0.172. The molecule has 1 amide bonds. The standard InChI is InChI=1S/C29H28N4O5/c1-35-21-12-8-9-18(13-21)23-16-24(19-14-25(36-2)27(38-4)26(15-19)37-3)33-28(32-23)22(17-30-33)29(34)31-20-10-6-5-7-11-20/h5-17,24,32H,1-4H3,(H,31,34)/t24-/m0/s1. The molecular formula is C29H28N4O5. The second-order valence-electron chi connectivity index (χ2n) is 8.51. The largest absolute Gasteiger partial charge is 0.497 e. The van der Waals surface area contributed by atoms with Crippen molar-refractivity contribution in [2.24, 2.45) is 0 Å². The summed E-state index contributed by atoms with van der Waals surface area (Å²) in [5, 5.41) is 11.0. The van der Waals surface area contributed by atoms with E-state index >= 15 is 0 Å². The number of nitrogens with one attached hydrogen (secondary N) is 2. The maximum atomic E-state index is 13.3. The molecule has 3 aromatic carbocycles. The Morgan fingerprint density at radius 2 is 1.63 bits per heavy atom. The van der Waals surface area contributed by atoms with Gasteiger partial charge >= 0.3 is 0 Å². The van der Waals surface area contributed by atoms with Gasteiger partial charge in [0.2, 0.25) is 5.75 Å². The molecule has 0 aliphatic carbocycles. The molecule has 9 nitrogen and oxygen atoms in total. The van der Waals surface area contributed by atoms with Crippen molar-refractivity contribution < 1.29 is 23.7 Å². The van der Waals surface area contributed by atoms with Gasteiger partial charge in [0.05, 0.1) is 40.7 Å². The minimum absolute atomic E-state index is 0.277. The number of allylic oxidation sites excluding steroid dienone is 1. The molecule has 0 fully saturated rings. The predicted octanol–water partition coefficient (Wildman–Crippen LogP) is 5.23. The molecule has 1 aliphatic rings. The fourth-order valence-corrected chi connectivity index (χ4v) is 4.45. The van der Waals surface area contributed by atoms with Crippen molar-refractivity contribution in [1.82, 2.24) is 9.78 Å². The number of benzene rings is 3. The smallest absolute Gasteiger partial charge is 0.261 e. The topological polar surface area (TPSA) is 95.9 Å². The Kier molecular flexibility index (Phi) is 6.90. The van der Waals surface area contributed by atoms with Crippen LogP contribution in [0.5, 0.6) is 23.0 Å². The van der Waals surface area contributed by atoms with Crippen LogP contribution in [0.1, 0.15) is 27.5 Å². The molecule has 0 radical (unpaired) electrons. The van der Waals surface area contributed by atoms with Crippen LogP contribution in [-0.2, 0) is 0 Å². The number of para-hydroxylation sites is 1. The average molecular weight is 513 g/mol. The van der Waals surface area contributed by atoms with Crippen molar-refractivity contribution in [3.63, 3.8) is 0 Å².